The van der Waals surface area contributed by atoms with Crippen molar-refractivity contribution in [2.45, 2.75) is 39.7 Å². The Kier molecular flexibility index (Phi) is 6.44. The molecule has 0 fully saturated rings. The average molecular weight is 299 g/mol. The second-order valence-corrected chi connectivity index (χ2v) is 6.09. The molecule has 112 valence electrons. The highest BCUT2D eigenvalue weighted by Gasteiger charge is 2.20. The van der Waals surface area contributed by atoms with Gasteiger partial charge in [0.15, 0.2) is 0 Å². The lowest BCUT2D eigenvalue weighted by Gasteiger charge is -2.16. The van der Waals surface area contributed by atoms with Gasteiger partial charge in [0, 0.05) is 18.3 Å². The van der Waals surface area contributed by atoms with Crippen molar-refractivity contribution in [3.05, 3.63) is 16.1 Å². The summed E-state index contributed by atoms with van der Waals surface area (Å²) in [6, 6.07) is -1.30. The van der Waals surface area contributed by atoms with E-state index in [1.54, 1.807) is 11.3 Å². The van der Waals surface area contributed by atoms with Gasteiger partial charge in [0.1, 0.15) is 6.04 Å². The van der Waals surface area contributed by atoms with Crippen molar-refractivity contribution in [2.24, 2.45) is 5.92 Å². The first-order valence-corrected chi connectivity index (χ1v) is 7.44. The first-order chi connectivity index (χ1) is 9.38. The number of carbonyl (C=O) groups excluding carboxylic acids is 1. The van der Waals surface area contributed by atoms with Crippen molar-refractivity contribution in [3.8, 4) is 0 Å². The maximum Gasteiger partial charge on any atom is 0.326 e. The number of amides is 2. The van der Waals surface area contributed by atoms with E-state index >= 15 is 0 Å². The largest absolute Gasteiger partial charge is 0.480 e. The van der Waals surface area contributed by atoms with E-state index in [-0.39, 0.29) is 5.92 Å². The molecule has 20 heavy (non-hydrogen) atoms. The summed E-state index contributed by atoms with van der Waals surface area (Å²) in [5, 5.41) is 17.1. The number of aryl methyl sites for hydroxylation is 1. The molecule has 0 aliphatic rings. The van der Waals surface area contributed by atoms with Crippen LogP contribution in [0.25, 0.3) is 0 Å². The molecule has 1 rings (SSSR count). The Balaban J connectivity index is 2.32. The van der Waals surface area contributed by atoms with Gasteiger partial charge in [0.05, 0.1) is 10.7 Å². The van der Waals surface area contributed by atoms with E-state index in [9.17, 15) is 9.59 Å². The fourth-order valence-corrected chi connectivity index (χ4v) is 2.38. The van der Waals surface area contributed by atoms with Crippen molar-refractivity contribution >= 4 is 23.3 Å². The van der Waals surface area contributed by atoms with Gasteiger partial charge in [-0.1, -0.05) is 13.8 Å². The second kappa shape index (κ2) is 7.84. The lowest BCUT2D eigenvalue weighted by atomic mass is 10.0. The summed E-state index contributed by atoms with van der Waals surface area (Å²) in [7, 11) is 0. The summed E-state index contributed by atoms with van der Waals surface area (Å²) >= 11 is 1.57. The molecule has 0 aliphatic carbocycles. The Labute approximate surface area is 122 Å². The van der Waals surface area contributed by atoms with Crippen LogP contribution in [0.5, 0.6) is 0 Å². The zero-order valence-electron chi connectivity index (χ0n) is 12.0. The monoisotopic (exact) mass is 299 g/mol. The standard InChI is InChI=1S/C13H21N3O3S/c1-8(2)6-11(12(17)18)16-13(19)14-5-4-10-7-20-9(3)15-10/h7-8,11H,4-6H2,1-3H3,(H,17,18)(H2,14,16,19)/t11-/m1/s1. The molecule has 1 heterocycles. The van der Waals surface area contributed by atoms with Gasteiger partial charge in [-0.2, -0.15) is 0 Å². The van der Waals surface area contributed by atoms with Crippen LogP contribution >= 0.6 is 11.3 Å². The second-order valence-electron chi connectivity index (χ2n) is 5.03. The number of aromatic nitrogens is 1. The smallest absolute Gasteiger partial charge is 0.326 e. The molecule has 0 spiro atoms. The van der Waals surface area contributed by atoms with Crippen LogP contribution in [0, 0.1) is 12.8 Å². The van der Waals surface area contributed by atoms with E-state index in [4.69, 9.17) is 5.11 Å². The molecule has 0 aliphatic heterocycles. The predicted molar refractivity (Wildman–Crippen MR) is 78.0 cm³/mol. The summed E-state index contributed by atoms with van der Waals surface area (Å²) in [5.41, 5.74) is 0.935. The Morgan fingerprint density at radius 2 is 2.15 bits per heavy atom. The summed E-state index contributed by atoms with van der Waals surface area (Å²) in [4.78, 5) is 26.9. The number of aliphatic carboxylic acids is 1. The molecule has 0 bridgehead atoms. The van der Waals surface area contributed by atoms with Crippen molar-refractivity contribution in [2.75, 3.05) is 6.54 Å². The van der Waals surface area contributed by atoms with Crippen LogP contribution in [0.4, 0.5) is 4.79 Å². The minimum absolute atomic E-state index is 0.203. The zero-order valence-corrected chi connectivity index (χ0v) is 12.8. The maximum absolute atomic E-state index is 11.6. The first kappa shape index (κ1) is 16.4. The summed E-state index contributed by atoms with van der Waals surface area (Å²) < 4.78 is 0. The minimum Gasteiger partial charge on any atom is -0.480 e. The molecule has 3 N–H and O–H groups in total. The topological polar surface area (TPSA) is 91.3 Å². The molecule has 0 aromatic carbocycles. The number of nitrogens with one attached hydrogen (secondary N) is 2. The van der Waals surface area contributed by atoms with Gasteiger partial charge in [-0.05, 0) is 19.3 Å². The SMILES string of the molecule is Cc1nc(CCNC(=O)N[C@H](CC(C)C)C(=O)O)cs1. The number of rotatable bonds is 7. The first-order valence-electron chi connectivity index (χ1n) is 6.56. The van der Waals surface area contributed by atoms with Crippen LogP contribution in [-0.4, -0.2) is 34.7 Å². The molecule has 6 nitrogen and oxygen atoms in total. The third-order valence-electron chi connectivity index (χ3n) is 2.64. The molecule has 0 unspecified atom stereocenters. The molecule has 0 radical (unpaired) electrons. The quantitative estimate of drug-likeness (QED) is 0.716. The zero-order chi connectivity index (χ0) is 15.1. The van der Waals surface area contributed by atoms with Crippen molar-refractivity contribution in [1.29, 1.82) is 0 Å². The van der Waals surface area contributed by atoms with Gasteiger partial charge >= 0.3 is 12.0 Å². The Bertz CT molecular complexity index is 459. The number of nitrogens with zero attached hydrogens (tertiary/aromatic N) is 1. The molecule has 0 saturated heterocycles. The van der Waals surface area contributed by atoms with Gasteiger partial charge in [-0.3, -0.25) is 0 Å². The molecule has 1 aromatic rings. The fraction of sp³-hybridized carbons (Fsp3) is 0.615. The maximum atomic E-state index is 11.6. The van der Waals surface area contributed by atoms with Crippen molar-refractivity contribution in [3.63, 3.8) is 0 Å². The third-order valence-corrected chi connectivity index (χ3v) is 3.47. The molecular formula is C13H21N3O3S. The summed E-state index contributed by atoms with van der Waals surface area (Å²) in [6.07, 6.45) is 1.05. The molecule has 1 atom stereocenters. The van der Waals surface area contributed by atoms with E-state index in [0.717, 1.165) is 10.7 Å². The predicted octanol–water partition coefficient (Wildman–Crippen LogP) is 1.79. The van der Waals surface area contributed by atoms with Crippen LogP contribution in [0.2, 0.25) is 0 Å². The Hall–Kier alpha value is -1.63. The van der Waals surface area contributed by atoms with Gasteiger partial charge < -0.3 is 15.7 Å². The van der Waals surface area contributed by atoms with Crippen LogP contribution in [-0.2, 0) is 11.2 Å². The van der Waals surface area contributed by atoms with E-state index < -0.39 is 18.0 Å². The number of hydrogen-bond donors (Lipinski definition) is 3. The van der Waals surface area contributed by atoms with E-state index in [1.807, 2.05) is 26.2 Å². The van der Waals surface area contributed by atoms with Gasteiger partial charge in [-0.15, -0.1) is 11.3 Å². The van der Waals surface area contributed by atoms with Crippen LogP contribution in [0.1, 0.15) is 31.0 Å². The molecule has 0 saturated carbocycles. The number of carboxylic acids is 1. The minimum atomic E-state index is -1.01. The Morgan fingerprint density at radius 1 is 1.45 bits per heavy atom. The van der Waals surface area contributed by atoms with E-state index in [0.29, 0.717) is 19.4 Å². The number of urea groups is 1. The van der Waals surface area contributed by atoms with Crippen LogP contribution in [0.15, 0.2) is 5.38 Å². The van der Waals surface area contributed by atoms with Gasteiger partial charge in [0.2, 0.25) is 0 Å². The van der Waals surface area contributed by atoms with Crippen LogP contribution < -0.4 is 10.6 Å². The highest BCUT2D eigenvalue weighted by Crippen LogP contribution is 2.08. The number of carbonyl (C=O) groups is 2. The van der Waals surface area contributed by atoms with Crippen LogP contribution in [0.3, 0.4) is 0 Å². The van der Waals surface area contributed by atoms with E-state index in [2.05, 4.69) is 15.6 Å². The normalized spacial score (nSPS) is 12.2. The highest BCUT2D eigenvalue weighted by atomic mass is 32.1. The lowest BCUT2D eigenvalue weighted by Crippen LogP contribution is -2.47. The highest BCUT2D eigenvalue weighted by molar-refractivity contribution is 7.09. The molecule has 7 heteroatoms. The molecule has 1 aromatic heterocycles. The fourth-order valence-electron chi connectivity index (χ4n) is 1.73. The third kappa shape index (κ3) is 6.01. The number of hydrogen-bond acceptors (Lipinski definition) is 4. The molecule has 2 amide bonds. The van der Waals surface area contributed by atoms with Gasteiger partial charge in [0.25, 0.3) is 0 Å². The van der Waals surface area contributed by atoms with Crippen molar-refractivity contribution in [1.82, 2.24) is 15.6 Å². The van der Waals surface area contributed by atoms with Crippen molar-refractivity contribution < 1.29 is 14.7 Å². The van der Waals surface area contributed by atoms with Gasteiger partial charge in [-0.25, -0.2) is 14.6 Å². The average Bonchev–Trinajstić information content (AvgIpc) is 2.73. The number of thiazole rings is 1. The summed E-state index contributed by atoms with van der Waals surface area (Å²) in [5.74, 6) is -0.807. The Morgan fingerprint density at radius 3 is 2.65 bits per heavy atom. The van der Waals surface area contributed by atoms with E-state index in [1.165, 1.54) is 0 Å². The molecular weight excluding hydrogens is 278 g/mol. The summed E-state index contributed by atoms with van der Waals surface area (Å²) in [6.45, 7) is 6.20. The lowest BCUT2D eigenvalue weighted by molar-refractivity contribution is -0.139. The number of carboxylic acid groups (broad SMARTS) is 1.